The van der Waals surface area contributed by atoms with Gasteiger partial charge in [-0.1, -0.05) is 13.0 Å². The van der Waals surface area contributed by atoms with Gasteiger partial charge in [-0.2, -0.15) is 0 Å². The van der Waals surface area contributed by atoms with E-state index in [0.717, 1.165) is 28.2 Å². The van der Waals surface area contributed by atoms with E-state index in [1.807, 2.05) is 18.2 Å². The van der Waals surface area contributed by atoms with Crippen LogP contribution in [0, 0.1) is 5.92 Å². The van der Waals surface area contributed by atoms with Gasteiger partial charge in [0.15, 0.2) is 0 Å². The standard InChI is InChI=1S/C23H28N2O3S/c1-16-7-9-25(10-8-16)20(22-4-3-11-29-22)14-24-23(26)12-17-15-28-21-13-18(27-2)5-6-19(17)21/h3-6,11,13,15-16,20H,7-10,12,14H2,1-2H3,(H,24,26)/p+1/t20-/m1/s1. The third-order valence-corrected chi connectivity index (χ3v) is 7.00. The number of benzene rings is 1. The van der Waals surface area contributed by atoms with Gasteiger partial charge in [-0.05, 0) is 42.3 Å². The lowest BCUT2D eigenvalue weighted by atomic mass is 9.97. The van der Waals surface area contributed by atoms with Crippen LogP contribution in [0.3, 0.4) is 0 Å². The lowest BCUT2D eigenvalue weighted by Crippen LogP contribution is -3.14. The molecule has 0 aliphatic carbocycles. The zero-order valence-corrected chi connectivity index (χ0v) is 17.9. The molecule has 2 N–H and O–H groups in total. The average Bonchev–Trinajstić information content (AvgIpc) is 3.40. The van der Waals surface area contributed by atoms with Gasteiger partial charge in [0.25, 0.3) is 0 Å². The van der Waals surface area contributed by atoms with Crippen molar-refractivity contribution < 1.29 is 18.8 Å². The van der Waals surface area contributed by atoms with E-state index in [0.29, 0.717) is 19.0 Å². The number of methoxy groups -OCH3 is 1. The quantitative estimate of drug-likeness (QED) is 0.625. The highest BCUT2D eigenvalue weighted by molar-refractivity contribution is 7.10. The van der Waals surface area contributed by atoms with Crippen LogP contribution < -0.4 is 15.0 Å². The Morgan fingerprint density at radius 2 is 2.17 bits per heavy atom. The molecule has 0 unspecified atom stereocenters. The molecule has 6 heteroatoms. The molecular formula is C23H29N2O3S+. The number of piperidine rings is 1. The summed E-state index contributed by atoms with van der Waals surface area (Å²) >= 11 is 1.79. The molecule has 29 heavy (non-hydrogen) atoms. The summed E-state index contributed by atoms with van der Waals surface area (Å²) in [5, 5.41) is 6.28. The van der Waals surface area contributed by atoms with E-state index in [-0.39, 0.29) is 5.91 Å². The third-order valence-electron chi connectivity index (χ3n) is 6.01. The molecule has 0 saturated carbocycles. The van der Waals surface area contributed by atoms with Crippen LogP contribution in [0.1, 0.15) is 36.2 Å². The number of rotatable bonds is 7. The van der Waals surface area contributed by atoms with E-state index < -0.39 is 0 Å². The zero-order chi connectivity index (χ0) is 20.2. The molecule has 5 nitrogen and oxygen atoms in total. The molecule has 1 aliphatic rings. The van der Waals surface area contributed by atoms with Crippen molar-refractivity contribution in [2.24, 2.45) is 5.92 Å². The van der Waals surface area contributed by atoms with Crippen LogP contribution in [0.4, 0.5) is 0 Å². The molecule has 154 valence electrons. The van der Waals surface area contributed by atoms with Crippen LogP contribution in [0.15, 0.2) is 46.4 Å². The number of nitrogens with one attached hydrogen (secondary N) is 2. The molecule has 0 bridgehead atoms. The maximum atomic E-state index is 12.7. The largest absolute Gasteiger partial charge is 0.497 e. The van der Waals surface area contributed by atoms with E-state index in [1.54, 1.807) is 29.6 Å². The van der Waals surface area contributed by atoms with Crippen molar-refractivity contribution in [3.63, 3.8) is 0 Å². The Kier molecular flexibility index (Phi) is 6.21. The molecular weight excluding hydrogens is 384 g/mol. The summed E-state index contributed by atoms with van der Waals surface area (Å²) in [4.78, 5) is 15.6. The van der Waals surface area contributed by atoms with Crippen molar-refractivity contribution in [2.75, 3.05) is 26.7 Å². The number of carbonyl (C=O) groups excluding carboxylic acids is 1. The van der Waals surface area contributed by atoms with Gasteiger partial charge in [0.1, 0.15) is 17.4 Å². The summed E-state index contributed by atoms with van der Waals surface area (Å²) < 4.78 is 10.9. The first-order valence-electron chi connectivity index (χ1n) is 10.3. The van der Waals surface area contributed by atoms with Crippen LogP contribution in [-0.2, 0) is 11.2 Å². The smallest absolute Gasteiger partial charge is 0.224 e. The number of carbonyl (C=O) groups is 1. The van der Waals surface area contributed by atoms with Gasteiger partial charge >= 0.3 is 0 Å². The van der Waals surface area contributed by atoms with E-state index in [9.17, 15) is 4.79 Å². The first kappa shape index (κ1) is 20.0. The number of hydrogen-bond acceptors (Lipinski definition) is 4. The Bertz CT molecular complexity index is 942. The molecule has 0 spiro atoms. The Labute approximate surface area is 175 Å². The molecule has 1 aromatic carbocycles. The van der Waals surface area contributed by atoms with Crippen LogP contribution in [0.5, 0.6) is 5.75 Å². The summed E-state index contributed by atoms with van der Waals surface area (Å²) in [5.74, 6) is 1.60. The van der Waals surface area contributed by atoms with E-state index >= 15 is 0 Å². The number of furan rings is 1. The van der Waals surface area contributed by atoms with Gasteiger partial charge in [0, 0.05) is 17.0 Å². The number of hydrogen-bond donors (Lipinski definition) is 2. The maximum absolute atomic E-state index is 12.7. The van der Waals surface area contributed by atoms with Gasteiger partial charge in [0.05, 0.1) is 44.3 Å². The highest BCUT2D eigenvalue weighted by Gasteiger charge is 2.29. The molecule has 3 heterocycles. The Morgan fingerprint density at radius 3 is 2.90 bits per heavy atom. The maximum Gasteiger partial charge on any atom is 0.224 e. The lowest BCUT2D eigenvalue weighted by Gasteiger charge is -2.33. The van der Waals surface area contributed by atoms with Crippen molar-refractivity contribution >= 4 is 28.2 Å². The SMILES string of the molecule is COc1ccc2c(CC(=O)NC[C@H](c3cccs3)[NH+]3CCC(C)CC3)coc2c1. The van der Waals surface area contributed by atoms with E-state index in [4.69, 9.17) is 9.15 Å². The molecule has 3 aromatic rings. The lowest BCUT2D eigenvalue weighted by molar-refractivity contribution is -0.935. The van der Waals surface area contributed by atoms with Crippen molar-refractivity contribution in [1.82, 2.24) is 5.32 Å². The summed E-state index contributed by atoms with van der Waals surface area (Å²) in [5.41, 5.74) is 1.66. The monoisotopic (exact) mass is 413 g/mol. The minimum absolute atomic E-state index is 0.0369. The number of amides is 1. The third kappa shape index (κ3) is 4.65. The predicted molar refractivity (Wildman–Crippen MR) is 116 cm³/mol. The number of likely N-dealkylation sites (tertiary alicyclic amines) is 1. The fourth-order valence-corrected chi connectivity index (χ4v) is 5.08. The summed E-state index contributed by atoms with van der Waals surface area (Å²) in [6.07, 6.45) is 4.52. The number of quaternary nitrogens is 1. The minimum Gasteiger partial charge on any atom is -0.497 e. The van der Waals surface area contributed by atoms with E-state index in [2.05, 4.69) is 29.8 Å². The average molecular weight is 414 g/mol. The number of ether oxygens (including phenoxy) is 1. The minimum atomic E-state index is 0.0369. The van der Waals surface area contributed by atoms with Gasteiger partial charge in [-0.15, -0.1) is 11.3 Å². The topological polar surface area (TPSA) is 55.9 Å². The van der Waals surface area contributed by atoms with Gasteiger partial charge in [-0.25, -0.2) is 0 Å². The van der Waals surface area contributed by atoms with Crippen LogP contribution >= 0.6 is 11.3 Å². The highest BCUT2D eigenvalue weighted by Crippen LogP contribution is 2.26. The van der Waals surface area contributed by atoms with Gasteiger partial charge in [0.2, 0.25) is 5.91 Å². The molecule has 1 saturated heterocycles. The highest BCUT2D eigenvalue weighted by atomic mass is 32.1. The summed E-state index contributed by atoms with van der Waals surface area (Å²) in [6, 6.07) is 10.3. The first-order chi connectivity index (χ1) is 14.1. The van der Waals surface area contributed by atoms with Crippen molar-refractivity contribution in [3.8, 4) is 5.75 Å². The molecule has 0 radical (unpaired) electrons. The summed E-state index contributed by atoms with van der Waals surface area (Å²) in [7, 11) is 1.63. The van der Waals surface area contributed by atoms with Crippen molar-refractivity contribution in [2.45, 2.75) is 32.2 Å². The van der Waals surface area contributed by atoms with Crippen LogP contribution in [-0.4, -0.2) is 32.7 Å². The number of thiophene rings is 1. The second-order valence-corrected chi connectivity index (χ2v) is 8.99. The van der Waals surface area contributed by atoms with Crippen LogP contribution in [0.2, 0.25) is 0 Å². The van der Waals surface area contributed by atoms with Crippen molar-refractivity contribution in [3.05, 3.63) is 52.4 Å². The summed E-state index contributed by atoms with van der Waals surface area (Å²) in [6.45, 7) is 5.36. The molecule has 1 amide bonds. The number of fused-ring (bicyclic) bond motifs is 1. The predicted octanol–water partition coefficient (Wildman–Crippen LogP) is 3.22. The van der Waals surface area contributed by atoms with Gasteiger partial charge in [-0.3, -0.25) is 4.79 Å². The molecule has 4 rings (SSSR count). The fourth-order valence-electron chi connectivity index (χ4n) is 4.20. The molecule has 1 aliphatic heterocycles. The van der Waals surface area contributed by atoms with Crippen LogP contribution in [0.25, 0.3) is 11.0 Å². The van der Waals surface area contributed by atoms with E-state index in [1.165, 1.54) is 30.8 Å². The fraction of sp³-hybridized carbons (Fsp3) is 0.435. The Hall–Kier alpha value is -2.31. The Morgan fingerprint density at radius 1 is 1.34 bits per heavy atom. The molecule has 1 atom stereocenters. The second kappa shape index (κ2) is 9.01. The Balaban J connectivity index is 1.40. The first-order valence-corrected chi connectivity index (χ1v) is 11.2. The molecule has 1 fully saturated rings. The second-order valence-electron chi connectivity index (χ2n) is 8.01. The molecule has 2 aromatic heterocycles. The van der Waals surface area contributed by atoms with Gasteiger partial charge < -0.3 is 19.4 Å². The normalized spacial score (nSPS) is 20.5. The van der Waals surface area contributed by atoms with Crippen molar-refractivity contribution in [1.29, 1.82) is 0 Å². The zero-order valence-electron chi connectivity index (χ0n) is 17.1.